The van der Waals surface area contributed by atoms with Gasteiger partial charge in [0, 0.05) is 10.6 Å². The van der Waals surface area contributed by atoms with E-state index in [1.165, 1.54) is 0 Å². The lowest BCUT2D eigenvalue weighted by Crippen LogP contribution is -1.98. The van der Waals surface area contributed by atoms with E-state index in [0.717, 1.165) is 23.4 Å². The maximum Gasteiger partial charge on any atom is 0.136 e. The number of hydrogen-bond donors (Lipinski definition) is 0. The van der Waals surface area contributed by atoms with Gasteiger partial charge in [0.1, 0.15) is 5.15 Å². The quantitative estimate of drug-likeness (QED) is 0.783. The molecule has 1 aromatic heterocycles. The second-order valence-electron chi connectivity index (χ2n) is 3.72. The fourth-order valence-corrected chi connectivity index (χ4v) is 2.39. The number of rotatable bonds is 2. The first-order chi connectivity index (χ1) is 8.04. The van der Waals surface area contributed by atoms with Gasteiger partial charge < -0.3 is 0 Å². The molecule has 5 heteroatoms. The summed E-state index contributed by atoms with van der Waals surface area (Å²) in [6, 6.07) is 5.25. The topological polar surface area (TPSA) is 17.8 Å². The lowest BCUT2D eigenvalue weighted by molar-refractivity contribution is 0.842. The molecule has 0 N–H and O–H groups in total. The van der Waals surface area contributed by atoms with E-state index in [1.807, 2.05) is 19.9 Å². The molecule has 0 unspecified atom stereocenters. The Kier molecular flexibility index (Phi) is 3.67. The van der Waals surface area contributed by atoms with Gasteiger partial charge in [-0.25, -0.2) is 4.68 Å². The molecule has 1 heterocycles. The van der Waals surface area contributed by atoms with Gasteiger partial charge in [-0.15, -0.1) is 0 Å². The molecule has 0 saturated heterocycles. The van der Waals surface area contributed by atoms with Crippen LogP contribution in [0.2, 0.25) is 15.2 Å². The van der Waals surface area contributed by atoms with Crippen molar-refractivity contribution in [3.63, 3.8) is 0 Å². The molecule has 0 saturated carbocycles. The van der Waals surface area contributed by atoms with Gasteiger partial charge in [0.25, 0.3) is 0 Å². The van der Waals surface area contributed by atoms with E-state index in [1.54, 1.807) is 16.8 Å². The normalized spacial score (nSPS) is 10.9. The predicted octanol–water partition coefficient (Wildman–Crippen LogP) is 4.70. The summed E-state index contributed by atoms with van der Waals surface area (Å²) in [5.41, 5.74) is 2.70. The van der Waals surface area contributed by atoms with Crippen LogP contribution < -0.4 is 0 Å². The third-order valence-corrected chi connectivity index (χ3v) is 3.60. The van der Waals surface area contributed by atoms with Gasteiger partial charge in [0.2, 0.25) is 0 Å². The molecule has 0 fully saturated rings. The second kappa shape index (κ2) is 4.89. The number of halogens is 3. The van der Waals surface area contributed by atoms with Crippen LogP contribution in [0, 0.1) is 6.92 Å². The monoisotopic (exact) mass is 288 g/mol. The van der Waals surface area contributed by atoms with Crippen molar-refractivity contribution < 1.29 is 0 Å². The first-order valence-electron chi connectivity index (χ1n) is 5.24. The summed E-state index contributed by atoms with van der Waals surface area (Å²) in [5.74, 6) is 0. The predicted molar refractivity (Wildman–Crippen MR) is 72.7 cm³/mol. The zero-order chi connectivity index (χ0) is 12.6. The van der Waals surface area contributed by atoms with Gasteiger partial charge >= 0.3 is 0 Å². The number of nitrogens with zero attached hydrogens (tertiary/aromatic N) is 2. The Morgan fingerprint density at radius 1 is 1.24 bits per heavy atom. The third kappa shape index (κ3) is 2.30. The second-order valence-corrected chi connectivity index (χ2v) is 4.93. The van der Waals surface area contributed by atoms with E-state index >= 15 is 0 Å². The minimum absolute atomic E-state index is 0.532. The molecule has 0 bridgehead atoms. The van der Waals surface area contributed by atoms with Crippen LogP contribution in [0.1, 0.15) is 18.2 Å². The Labute approximate surface area is 115 Å². The van der Waals surface area contributed by atoms with Crippen LogP contribution in [0.4, 0.5) is 0 Å². The Bertz CT molecular complexity index is 561. The van der Waals surface area contributed by atoms with Gasteiger partial charge in [-0.05, 0) is 31.5 Å². The number of aryl methyl sites for hydroxylation is 1. The van der Waals surface area contributed by atoms with Crippen LogP contribution in [-0.2, 0) is 6.42 Å². The summed E-state index contributed by atoms with van der Waals surface area (Å²) in [4.78, 5) is 0. The average molecular weight is 290 g/mol. The van der Waals surface area contributed by atoms with Crippen molar-refractivity contribution in [3.8, 4) is 5.69 Å². The van der Waals surface area contributed by atoms with Crippen molar-refractivity contribution in [2.24, 2.45) is 0 Å². The summed E-state index contributed by atoms with van der Waals surface area (Å²) in [5, 5.41) is 6.16. The van der Waals surface area contributed by atoms with E-state index in [9.17, 15) is 0 Å². The van der Waals surface area contributed by atoms with Crippen LogP contribution in [0.3, 0.4) is 0 Å². The molecule has 0 aliphatic rings. The van der Waals surface area contributed by atoms with E-state index < -0.39 is 0 Å². The van der Waals surface area contributed by atoms with Crippen molar-refractivity contribution in [1.29, 1.82) is 0 Å². The first kappa shape index (κ1) is 12.7. The van der Waals surface area contributed by atoms with Crippen LogP contribution >= 0.6 is 34.8 Å². The van der Waals surface area contributed by atoms with Crippen LogP contribution in [0.25, 0.3) is 5.69 Å². The van der Waals surface area contributed by atoms with Crippen molar-refractivity contribution >= 4 is 34.8 Å². The summed E-state index contributed by atoms with van der Waals surface area (Å²) in [6.45, 7) is 3.99. The Balaban J connectivity index is 2.60. The van der Waals surface area contributed by atoms with E-state index in [-0.39, 0.29) is 0 Å². The molecule has 2 rings (SSSR count). The van der Waals surface area contributed by atoms with Gasteiger partial charge in [0.05, 0.1) is 16.4 Å². The molecule has 2 aromatic rings. The largest absolute Gasteiger partial charge is 0.220 e. The van der Waals surface area contributed by atoms with Crippen molar-refractivity contribution in [1.82, 2.24) is 9.78 Å². The number of benzene rings is 1. The highest BCUT2D eigenvalue weighted by atomic mass is 35.5. The summed E-state index contributed by atoms with van der Waals surface area (Å²) < 4.78 is 1.65. The minimum Gasteiger partial charge on any atom is -0.220 e. The van der Waals surface area contributed by atoms with Crippen LogP contribution in [0.5, 0.6) is 0 Å². The molecule has 0 aliphatic carbocycles. The third-order valence-electron chi connectivity index (χ3n) is 2.62. The smallest absolute Gasteiger partial charge is 0.136 e. The van der Waals surface area contributed by atoms with Crippen molar-refractivity contribution in [2.75, 3.05) is 0 Å². The van der Waals surface area contributed by atoms with E-state index in [0.29, 0.717) is 15.2 Å². The van der Waals surface area contributed by atoms with Crippen LogP contribution in [0.15, 0.2) is 18.2 Å². The fraction of sp³-hybridized carbons (Fsp3) is 0.250. The first-order valence-corrected chi connectivity index (χ1v) is 6.37. The highest BCUT2D eigenvalue weighted by Crippen LogP contribution is 2.29. The Morgan fingerprint density at radius 2 is 1.94 bits per heavy atom. The number of hydrogen-bond acceptors (Lipinski definition) is 1. The highest BCUT2D eigenvalue weighted by Gasteiger charge is 2.14. The molecule has 0 atom stereocenters. The van der Waals surface area contributed by atoms with Crippen molar-refractivity contribution in [2.45, 2.75) is 20.3 Å². The molecule has 0 spiro atoms. The molecule has 0 radical (unpaired) electrons. The fourth-order valence-electron chi connectivity index (χ4n) is 1.67. The van der Waals surface area contributed by atoms with E-state index in [2.05, 4.69) is 5.10 Å². The van der Waals surface area contributed by atoms with Crippen LogP contribution in [-0.4, -0.2) is 9.78 Å². The minimum atomic E-state index is 0.532. The summed E-state index contributed by atoms with van der Waals surface area (Å²) >= 11 is 18.2. The Morgan fingerprint density at radius 3 is 2.47 bits per heavy atom. The van der Waals surface area contributed by atoms with Crippen molar-refractivity contribution in [3.05, 3.63) is 44.7 Å². The lowest BCUT2D eigenvalue weighted by Gasteiger charge is -2.05. The summed E-state index contributed by atoms with van der Waals surface area (Å²) in [6.07, 6.45) is 0.837. The average Bonchev–Trinajstić information content (AvgIpc) is 2.57. The molecule has 17 heavy (non-hydrogen) atoms. The molecular formula is C12H11Cl3N2. The van der Waals surface area contributed by atoms with E-state index in [4.69, 9.17) is 34.8 Å². The highest BCUT2D eigenvalue weighted by molar-refractivity contribution is 6.36. The summed E-state index contributed by atoms with van der Waals surface area (Å²) in [7, 11) is 0. The lowest BCUT2D eigenvalue weighted by atomic mass is 10.2. The molecule has 0 amide bonds. The molecule has 1 aromatic carbocycles. The SMILES string of the molecule is CCc1nn(-c2ccc(Cl)cc2Cl)c(Cl)c1C. The molecule has 0 aliphatic heterocycles. The maximum atomic E-state index is 6.25. The van der Waals surface area contributed by atoms with Gasteiger partial charge in [-0.2, -0.15) is 5.10 Å². The van der Waals surface area contributed by atoms with Gasteiger partial charge in [-0.1, -0.05) is 41.7 Å². The Hall–Kier alpha value is -0.700. The van der Waals surface area contributed by atoms with Gasteiger partial charge in [-0.3, -0.25) is 0 Å². The zero-order valence-corrected chi connectivity index (χ0v) is 11.7. The van der Waals surface area contributed by atoms with Gasteiger partial charge in [0.15, 0.2) is 0 Å². The zero-order valence-electron chi connectivity index (χ0n) is 9.47. The molecule has 2 nitrogen and oxygen atoms in total. The molecular weight excluding hydrogens is 279 g/mol. The number of aromatic nitrogens is 2. The molecule has 90 valence electrons. The standard InChI is InChI=1S/C12H11Cl3N2/c1-3-10-7(2)12(15)17(16-10)11-5-4-8(13)6-9(11)14/h4-6H,3H2,1-2H3. The maximum absolute atomic E-state index is 6.25.